The first-order chi connectivity index (χ1) is 16.7. The molecule has 0 aliphatic heterocycles. The highest BCUT2D eigenvalue weighted by Crippen LogP contribution is 2.31. The van der Waals surface area contributed by atoms with Gasteiger partial charge in [-0.25, -0.2) is 14.4 Å². The number of nitrogens with zero attached hydrogens (tertiary/aromatic N) is 2. The number of aromatic nitrogens is 2. The molecule has 0 saturated heterocycles. The molecule has 1 aromatic carbocycles. The monoisotopic (exact) mass is 518 g/mol. The number of nitrogens with one attached hydrogen (secondary N) is 2. The fraction of sp³-hybridized carbons (Fsp3) is 0.360. The summed E-state index contributed by atoms with van der Waals surface area (Å²) in [6.45, 7) is 0.688. The van der Waals surface area contributed by atoms with Crippen LogP contribution < -0.4 is 10.6 Å². The van der Waals surface area contributed by atoms with E-state index < -0.39 is 10.1 Å². The molecule has 1 aliphatic rings. The van der Waals surface area contributed by atoms with Crippen molar-refractivity contribution in [1.82, 2.24) is 9.97 Å². The first-order valence-corrected chi connectivity index (χ1v) is 13.7. The second-order valence-electron chi connectivity index (χ2n) is 8.79. The summed E-state index contributed by atoms with van der Waals surface area (Å²) in [6, 6.07) is 14.2. The van der Waals surface area contributed by atoms with Gasteiger partial charge in [0.25, 0.3) is 10.1 Å². The Morgan fingerprint density at radius 2 is 1.86 bits per heavy atom. The third-order valence-corrected chi connectivity index (χ3v) is 6.83. The van der Waals surface area contributed by atoms with E-state index in [9.17, 15) is 12.8 Å². The summed E-state index contributed by atoms with van der Waals surface area (Å²) >= 11 is 6.45. The van der Waals surface area contributed by atoms with E-state index in [1.807, 2.05) is 30.3 Å². The van der Waals surface area contributed by atoms with Crippen molar-refractivity contribution in [2.45, 2.75) is 38.3 Å². The lowest BCUT2D eigenvalue weighted by molar-refractivity contribution is 0.210. The van der Waals surface area contributed by atoms with Crippen molar-refractivity contribution in [3.05, 3.63) is 71.1 Å². The largest absolute Gasteiger partial charge is 0.367 e. The summed E-state index contributed by atoms with van der Waals surface area (Å²) in [5.74, 6) is 1.33. The van der Waals surface area contributed by atoms with Gasteiger partial charge in [0.05, 0.1) is 23.6 Å². The highest BCUT2D eigenvalue weighted by Gasteiger charge is 2.23. The van der Waals surface area contributed by atoms with Crippen LogP contribution in [0, 0.1) is 11.7 Å². The van der Waals surface area contributed by atoms with Crippen molar-refractivity contribution in [1.29, 1.82) is 0 Å². The number of benzene rings is 1. The van der Waals surface area contributed by atoms with E-state index in [0.717, 1.165) is 43.1 Å². The summed E-state index contributed by atoms with van der Waals surface area (Å²) in [7, 11) is -3.41. The molecule has 1 saturated carbocycles. The predicted molar refractivity (Wildman–Crippen MR) is 136 cm³/mol. The normalized spacial score (nSPS) is 18.3. The third-order valence-electron chi connectivity index (χ3n) is 5.96. The number of halogens is 2. The minimum atomic E-state index is -3.41. The van der Waals surface area contributed by atoms with Crippen molar-refractivity contribution < 1.29 is 17.0 Å². The summed E-state index contributed by atoms with van der Waals surface area (Å²) < 4.78 is 40.8. The second kappa shape index (κ2) is 11.3. The van der Waals surface area contributed by atoms with Gasteiger partial charge in [-0.1, -0.05) is 29.8 Å². The van der Waals surface area contributed by atoms with Gasteiger partial charge in [-0.05, 0) is 67.5 Å². The standard InChI is InChI=1S/C25H28ClFN4O3S/c1-35(32,33)34-16-17-8-10-20(11-9-17)30-25-13-21(22(26)15-29-25)23-6-3-7-24(31-23)28-14-18-4-2-5-19(27)12-18/h2-7,12-13,15,17,20H,8-11,14,16H2,1H3,(H,28,31)(H,29,30)/t17-,20-. The van der Waals surface area contributed by atoms with E-state index in [2.05, 4.69) is 20.6 Å². The molecule has 4 rings (SSSR count). The van der Waals surface area contributed by atoms with Crippen LogP contribution in [0.1, 0.15) is 31.2 Å². The van der Waals surface area contributed by atoms with Crippen LogP contribution in [0.4, 0.5) is 16.0 Å². The molecule has 0 bridgehead atoms. The number of rotatable bonds is 9. The Hall–Kier alpha value is -2.75. The Labute approximate surface area is 210 Å². The van der Waals surface area contributed by atoms with Crippen LogP contribution in [-0.4, -0.2) is 37.3 Å². The van der Waals surface area contributed by atoms with Crippen LogP contribution in [0.25, 0.3) is 11.3 Å². The molecule has 2 heterocycles. The van der Waals surface area contributed by atoms with Crippen LogP contribution in [0.2, 0.25) is 5.02 Å². The zero-order chi connectivity index (χ0) is 24.8. The molecule has 7 nitrogen and oxygen atoms in total. The van der Waals surface area contributed by atoms with Gasteiger partial charge in [0.2, 0.25) is 0 Å². The van der Waals surface area contributed by atoms with Crippen molar-refractivity contribution in [2.75, 3.05) is 23.5 Å². The predicted octanol–water partition coefficient (Wildman–Crippen LogP) is 5.50. The molecule has 2 N–H and O–H groups in total. The number of anilines is 2. The lowest BCUT2D eigenvalue weighted by Gasteiger charge is -2.29. The van der Waals surface area contributed by atoms with Crippen LogP contribution in [0.15, 0.2) is 54.7 Å². The van der Waals surface area contributed by atoms with E-state index in [4.69, 9.17) is 15.8 Å². The Morgan fingerprint density at radius 1 is 1.09 bits per heavy atom. The third kappa shape index (κ3) is 7.62. The summed E-state index contributed by atoms with van der Waals surface area (Å²) in [4.78, 5) is 9.10. The quantitative estimate of drug-likeness (QED) is 0.361. The van der Waals surface area contributed by atoms with Crippen LogP contribution in [-0.2, 0) is 20.8 Å². The number of hydrogen-bond acceptors (Lipinski definition) is 7. The fourth-order valence-electron chi connectivity index (χ4n) is 4.14. The molecule has 0 spiro atoms. The minimum absolute atomic E-state index is 0.234. The highest BCUT2D eigenvalue weighted by atomic mass is 35.5. The van der Waals surface area contributed by atoms with Crippen molar-refractivity contribution in [3.8, 4) is 11.3 Å². The van der Waals surface area contributed by atoms with Gasteiger partial charge < -0.3 is 10.6 Å². The zero-order valence-corrected chi connectivity index (χ0v) is 20.9. The van der Waals surface area contributed by atoms with Crippen molar-refractivity contribution in [3.63, 3.8) is 0 Å². The molecule has 0 atom stereocenters. The second-order valence-corrected chi connectivity index (χ2v) is 10.8. The number of hydrogen-bond donors (Lipinski definition) is 2. The van der Waals surface area contributed by atoms with Crippen LogP contribution in [0.5, 0.6) is 0 Å². The average Bonchev–Trinajstić information content (AvgIpc) is 2.83. The van der Waals surface area contributed by atoms with Gasteiger partial charge >= 0.3 is 0 Å². The lowest BCUT2D eigenvalue weighted by Crippen LogP contribution is -2.28. The molecule has 1 fully saturated rings. The molecular formula is C25H28ClFN4O3S. The van der Waals surface area contributed by atoms with Gasteiger partial charge in [0, 0.05) is 24.3 Å². The van der Waals surface area contributed by atoms with E-state index >= 15 is 0 Å². The van der Waals surface area contributed by atoms with Crippen molar-refractivity contribution >= 4 is 33.4 Å². The maximum Gasteiger partial charge on any atom is 0.264 e. The van der Waals surface area contributed by atoms with Gasteiger partial charge in [-0.2, -0.15) is 8.42 Å². The molecule has 3 aromatic rings. The maximum atomic E-state index is 13.4. The lowest BCUT2D eigenvalue weighted by atomic mass is 9.86. The van der Waals surface area contributed by atoms with Crippen molar-refractivity contribution in [2.24, 2.45) is 5.92 Å². The maximum absolute atomic E-state index is 13.4. The molecule has 35 heavy (non-hydrogen) atoms. The summed E-state index contributed by atoms with van der Waals surface area (Å²) in [5.41, 5.74) is 2.28. The smallest absolute Gasteiger partial charge is 0.264 e. The Kier molecular flexibility index (Phi) is 8.20. The van der Waals surface area contributed by atoms with Gasteiger partial charge in [-0.3, -0.25) is 4.18 Å². The van der Waals surface area contributed by atoms with E-state index in [1.165, 1.54) is 12.1 Å². The Bertz CT molecular complexity index is 1270. The first-order valence-electron chi connectivity index (χ1n) is 11.5. The van der Waals surface area contributed by atoms with Gasteiger partial charge in [0.15, 0.2) is 0 Å². The molecule has 2 aromatic heterocycles. The molecule has 10 heteroatoms. The Morgan fingerprint density at radius 3 is 2.60 bits per heavy atom. The first kappa shape index (κ1) is 25.3. The minimum Gasteiger partial charge on any atom is -0.367 e. The molecule has 186 valence electrons. The van der Waals surface area contributed by atoms with Gasteiger partial charge in [0.1, 0.15) is 17.5 Å². The van der Waals surface area contributed by atoms with E-state index in [1.54, 1.807) is 12.3 Å². The summed E-state index contributed by atoms with van der Waals surface area (Å²) in [5, 5.41) is 7.18. The van der Waals surface area contributed by atoms with E-state index in [0.29, 0.717) is 28.9 Å². The molecule has 0 radical (unpaired) electrons. The van der Waals surface area contributed by atoms with Crippen LogP contribution >= 0.6 is 11.6 Å². The fourth-order valence-corrected chi connectivity index (χ4v) is 4.78. The molecule has 0 amide bonds. The van der Waals surface area contributed by atoms with E-state index in [-0.39, 0.29) is 24.4 Å². The SMILES string of the molecule is CS(=O)(=O)OC[C@H]1CC[C@H](Nc2cc(-c3cccc(NCc4cccc(F)c4)n3)c(Cl)cn2)CC1. The molecular weight excluding hydrogens is 491 g/mol. The molecule has 0 unspecified atom stereocenters. The topological polar surface area (TPSA) is 93.2 Å². The van der Waals surface area contributed by atoms with Gasteiger partial charge in [-0.15, -0.1) is 0 Å². The molecule has 1 aliphatic carbocycles. The summed E-state index contributed by atoms with van der Waals surface area (Å²) in [6.07, 6.45) is 6.25. The zero-order valence-electron chi connectivity index (χ0n) is 19.4. The average molecular weight is 519 g/mol. The highest BCUT2D eigenvalue weighted by molar-refractivity contribution is 7.85. The number of pyridine rings is 2. The van der Waals surface area contributed by atoms with Crippen LogP contribution in [0.3, 0.4) is 0 Å². The Balaban J connectivity index is 1.38.